The third-order valence-corrected chi connectivity index (χ3v) is 5.02. The normalized spacial score (nSPS) is 10.8. The number of nitrogens with zero attached hydrogens (tertiary/aromatic N) is 4. The van der Waals surface area contributed by atoms with Gasteiger partial charge in [0.25, 0.3) is 0 Å². The van der Waals surface area contributed by atoms with E-state index in [4.69, 9.17) is 11.6 Å². The van der Waals surface area contributed by atoms with Crippen LogP contribution in [-0.4, -0.2) is 26.2 Å². The number of benzene rings is 1. The number of carbonyl (C=O) groups is 2. The molecule has 31 heavy (non-hydrogen) atoms. The van der Waals surface area contributed by atoms with Crippen LogP contribution in [0.15, 0.2) is 67.3 Å². The maximum absolute atomic E-state index is 13.6. The third-order valence-electron chi connectivity index (χ3n) is 4.60. The van der Waals surface area contributed by atoms with Crippen LogP contribution in [0.1, 0.15) is 12.5 Å². The first-order valence-electron chi connectivity index (χ1n) is 9.34. The van der Waals surface area contributed by atoms with E-state index in [9.17, 15) is 14.0 Å². The lowest BCUT2D eigenvalue weighted by atomic mass is 10.1. The predicted molar refractivity (Wildman–Crippen MR) is 116 cm³/mol. The Balaban J connectivity index is 1.57. The molecular formula is C22H17ClFN5O2. The van der Waals surface area contributed by atoms with Gasteiger partial charge in [0.1, 0.15) is 17.3 Å². The summed E-state index contributed by atoms with van der Waals surface area (Å²) >= 11 is 5.93. The molecule has 1 N–H and O–H groups in total. The van der Waals surface area contributed by atoms with Gasteiger partial charge >= 0.3 is 0 Å². The van der Waals surface area contributed by atoms with Crippen LogP contribution in [0, 0.1) is 5.82 Å². The van der Waals surface area contributed by atoms with Crippen molar-refractivity contribution in [2.24, 2.45) is 0 Å². The first-order valence-corrected chi connectivity index (χ1v) is 9.72. The number of fused-ring (bicyclic) bond motifs is 1. The average Bonchev–Trinajstić information content (AvgIpc) is 3.19. The molecule has 0 aliphatic rings. The molecule has 3 aromatic heterocycles. The minimum Gasteiger partial charge on any atom is -0.326 e. The zero-order valence-electron chi connectivity index (χ0n) is 16.4. The van der Waals surface area contributed by atoms with Gasteiger partial charge < -0.3 is 9.72 Å². The molecule has 3 heterocycles. The molecular weight excluding hydrogens is 421 g/mol. The van der Waals surface area contributed by atoms with Crippen LogP contribution in [-0.2, 0) is 16.0 Å². The Bertz CT molecular complexity index is 1290. The van der Waals surface area contributed by atoms with E-state index in [0.29, 0.717) is 28.4 Å². The Hall–Kier alpha value is -3.78. The molecule has 0 fully saturated rings. The zero-order valence-corrected chi connectivity index (χ0v) is 17.2. The molecule has 0 saturated carbocycles. The number of hydrogen-bond acceptors (Lipinski definition) is 4. The van der Waals surface area contributed by atoms with Crippen molar-refractivity contribution in [1.29, 1.82) is 0 Å². The number of pyridine rings is 2. The SMILES string of the molecule is CC(=O)N(c1ccn2ccnc2c1)c1cc(NC(=O)Cc2cccc(F)c2Cl)ccn1. The Kier molecular flexibility index (Phi) is 5.64. The molecule has 7 nitrogen and oxygen atoms in total. The van der Waals surface area contributed by atoms with Crippen molar-refractivity contribution in [3.8, 4) is 0 Å². The zero-order chi connectivity index (χ0) is 22.0. The maximum Gasteiger partial charge on any atom is 0.229 e. The van der Waals surface area contributed by atoms with E-state index in [1.165, 1.54) is 30.2 Å². The number of rotatable bonds is 5. The van der Waals surface area contributed by atoms with Gasteiger partial charge in [-0.05, 0) is 23.8 Å². The summed E-state index contributed by atoms with van der Waals surface area (Å²) in [6.45, 7) is 1.43. The second-order valence-corrected chi connectivity index (χ2v) is 7.15. The molecule has 0 spiro atoms. The smallest absolute Gasteiger partial charge is 0.229 e. The van der Waals surface area contributed by atoms with Crippen LogP contribution in [0.25, 0.3) is 5.65 Å². The Morgan fingerprint density at radius 3 is 2.77 bits per heavy atom. The van der Waals surface area contributed by atoms with E-state index in [1.807, 2.05) is 4.40 Å². The monoisotopic (exact) mass is 437 g/mol. The van der Waals surface area contributed by atoms with Crippen LogP contribution in [0.3, 0.4) is 0 Å². The molecule has 0 aliphatic heterocycles. The molecule has 0 saturated heterocycles. The van der Waals surface area contributed by atoms with Crippen molar-refractivity contribution >= 4 is 46.3 Å². The van der Waals surface area contributed by atoms with Crippen LogP contribution in [0.2, 0.25) is 5.02 Å². The Labute approximate surface area is 182 Å². The number of halogens is 2. The minimum absolute atomic E-state index is 0.0785. The molecule has 1 aromatic carbocycles. The van der Waals surface area contributed by atoms with Crippen molar-refractivity contribution in [2.75, 3.05) is 10.2 Å². The summed E-state index contributed by atoms with van der Waals surface area (Å²) < 4.78 is 15.4. The second-order valence-electron chi connectivity index (χ2n) is 6.77. The van der Waals surface area contributed by atoms with Crippen LogP contribution >= 0.6 is 11.6 Å². The van der Waals surface area contributed by atoms with E-state index in [-0.39, 0.29) is 23.3 Å². The van der Waals surface area contributed by atoms with E-state index < -0.39 is 5.82 Å². The second kappa shape index (κ2) is 8.53. The van der Waals surface area contributed by atoms with Crippen molar-refractivity contribution in [1.82, 2.24) is 14.4 Å². The van der Waals surface area contributed by atoms with Crippen LogP contribution < -0.4 is 10.2 Å². The van der Waals surface area contributed by atoms with E-state index in [2.05, 4.69) is 15.3 Å². The van der Waals surface area contributed by atoms with Gasteiger partial charge in [-0.15, -0.1) is 0 Å². The summed E-state index contributed by atoms with van der Waals surface area (Å²) in [7, 11) is 0. The number of carbonyl (C=O) groups excluding carboxylic acids is 2. The summed E-state index contributed by atoms with van der Waals surface area (Å²) in [6, 6.07) is 11.0. The maximum atomic E-state index is 13.6. The summed E-state index contributed by atoms with van der Waals surface area (Å²) in [5, 5.41) is 2.66. The van der Waals surface area contributed by atoms with Gasteiger partial charge in [-0.1, -0.05) is 23.7 Å². The average molecular weight is 438 g/mol. The van der Waals surface area contributed by atoms with Crippen molar-refractivity contribution < 1.29 is 14.0 Å². The van der Waals surface area contributed by atoms with E-state index in [0.717, 1.165) is 0 Å². The largest absolute Gasteiger partial charge is 0.326 e. The number of imidazole rings is 1. The molecule has 156 valence electrons. The van der Waals surface area contributed by atoms with Gasteiger partial charge in [-0.25, -0.2) is 14.4 Å². The minimum atomic E-state index is -0.579. The number of aromatic nitrogens is 3. The fourth-order valence-electron chi connectivity index (χ4n) is 3.20. The molecule has 0 radical (unpaired) electrons. The summed E-state index contributed by atoms with van der Waals surface area (Å²) in [5.41, 5.74) is 2.09. The number of hydrogen-bond donors (Lipinski definition) is 1. The highest BCUT2D eigenvalue weighted by molar-refractivity contribution is 6.31. The lowest BCUT2D eigenvalue weighted by Gasteiger charge is -2.21. The van der Waals surface area contributed by atoms with Gasteiger partial charge in [0.05, 0.1) is 17.1 Å². The first-order chi connectivity index (χ1) is 14.9. The van der Waals surface area contributed by atoms with Crippen LogP contribution in [0.4, 0.5) is 21.6 Å². The van der Waals surface area contributed by atoms with Crippen molar-refractivity contribution in [3.63, 3.8) is 0 Å². The highest BCUT2D eigenvalue weighted by Gasteiger charge is 2.17. The molecule has 0 atom stereocenters. The predicted octanol–water partition coefficient (Wildman–Crippen LogP) is 4.39. The molecule has 0 aliphatic carbocycles. The van der Waals surface area contributed by atoms with Crippen molar-refractivity contribution in [3.05, 3.63) is 83.7 Å². The Morgan fingerprint density at radius 2 is 1.97 bits per heavy atom. The van der Waals surface area contributed by atoms with Gasteiger partial charge in [-0.2, -0.15) is 0 Å². The molecule has 9 heteroatoms. The van der Waals surface area contributed by atoms with E-state index in [1.54, 1.807) is 48.9 Å². The Morgan fingerprint density at radius 1 is 1.13 bits per heavy atom. The van der Waals surface area contributed by atoms with Gasteiger partial charge in [0.2, 0.25) is 11.8 Å². The quantitative estimate of drug-likeness (QED) is 0.502. The topological polar surface area (TPSA) is 79.6 Å². The standard InChI is InChI=1S/C22H17ClFN5O2/c1-14(30)29(17-6-9-28-10-8-26-19(28)13-17)20-12-16(5-7-25-20)27-21(31)11-15-3-2-4-18(24)22(15)23/h2-10,12-13H,11H2,1H3,(H,25,27,31). The van der Waals surface area contributed by atoms with Gasteiger partial charge in [0.15, 0.2) is 0 Å². The number of anilines is 3. The number of amides is 2. The summed E-state index contributed by atoms with van der Waals surface area (Å²) in [4.78, 5) is 34.8. The summed E-state index contributed by atoms with van der Waals surface area (Å²) in [5.74, 6) is -0.869. The molecule has 4 aromatic rings. The van der Waals surface area contributed by atoms with Gasteiger partial charge in [-0.3, -0.25) is 14.5 Å². The van der Waals surface area contributed by atoms with Gasteiger partial charge in [0, 0.05) is 49.5 Å². The first kappa shape index (κ1) is 20.5. The molecule has 2 amide bonds. The summed E-state index contributed by atoms with van der Waals surface area (Å²) in [6.07, 6.45) is 6.65. The molecule has 4 rings (SSSR count). The van der Waals surface area contributed by atoms with E-state index >= 15 is 0 Å². The fraction of sp³-hybridized carbons (Fsp3) is 0.0909. The molecule has 0 unspecified atom stereocenters. The highest BCUT2D eigenvalue weighted by Crippen LogP contribution is 2.27. The fourth-order valence-corrected chi connectivity index (χ4v) is 3.39. The van der Waals surface area contributed by atoms with Crippen molar-refractivity contribution in [2.45, 2.75) is 13.3 Å². The highest BCUT2D eigenvalue weighted by atomic mass is 35.5. The van der Waals surface area contributed by atoms with Crippen LogP contribution in [0.5, 0.6) is 0 Å². The lowest BCUT2D eigenvalue weighted by molar-refractivity contribution is -0.116. The number of nitrogens with one attached hydrogen (secondary N) is 1. The lowest BCUT2D eigenvalue weighted by Crippen LogP contribution is -2.24. The third kappa shape index (κ3) is 4.39. The molecule has 0 bridgehead atoms.